The first-order chi connectivity index (χ1) is 14.6. The molecular formula is C22H35N5O3. The average molecular weight is 418 g/mol. The Balaban J connectivity index is 1.80. The van der Waals surface area contributed by atoms with Gasteiger partial charge in [-0.2, -0.15) is 0 Å². The summed E-state index contributed by atoms with van der Waals surface area (Å²) in [5.74, 6) is 0.540. The molecule has 1 aromatic carbocycles. The zero-order valence-corrected chi connectivity index (χ0v) is 18.2. The van der Waals surface area contributed by atoms with Crippen LogP contribution in [0.5, 0.6) is 0 Å². The third-order valence-electron chi connectivity index (χ3n) is 4.69. The van der Waals surface area contributed by atoms with E-state index < -0.39 is 0 Å². The lowest BCUT2D eigenvalue weighted by molar-refractivity contribution is -0.123. The molecule has 0 bridgehead atoms. The number of rotatable bonds is 11. The highest BCUT2D eigenvalue weighted by molar-refractivity contribution is 5.97. The standard InChI is InChI=1S/C22H35N5O3/c1-3-5-14-30-15-6-11-25-22(23-4-2)26-16-18-7-9-19(10-8-18)21(29)27-13-12-24-20(28)17-27/h7-10H,3-6,11-17H2,1-2H3,(H,24,28)(H2,23,25,26). The maximum Gasteiger partial charge on any atom is 0.254 e. The van der Waals surface area contributed by atoms with Crippen molar-refractivity contribution in [3.05, 3.63) is 35.4 Å². The van der Waals surface area contributed by atoms with Crippen LogP contribution in [0.2, 0.25) is 0 Å². The van der Waals surface area contributed by atoms with Crippen molar-refractivity contribution in [2.45, 2.75) is 39.7 Å². The zero-order chi connectivity index (χ0) is 21.6. The van der Waals surface area contributed by atoms with E-state index >= 15 is 0 Å². The van der Waals surface area contributed by atoms with Gasteiger partial charge in [-0.05, 0) is 37.5 Å². The number of amides is 2. The maximum atomic E-state index is 12.5. The minimum Gasteiger partial charge on any atom is -0.381 e. The van der Waals surface area contributed by atoms with Crippen LogP contribution >= 0.6 is 0 Å². The van der Waals surface area contributed by atoms with Crippen molar-refractivity contribution in [2.24, 2.45) is 4.99 Å². The number of hydrogen-bond donors (Lipinski definition) is 3. The Morgan fingerprint density at radius 3 is 2.63 bits per heavy atom. The molecule has 2 amide bonds. The van der Waals surface area contributed by atoms with Gasteiger partial charge in [0.25, 0.3) is 5.91 Å². The van der Waals surface area contributed by atoms with E-state index in [0.717, 1.165) is 57.1 Å². The fourth-order valence-corrected chi connectivity index (χ4v) is 2.99. The number of piperazine rings is 1. The number of aliphatic imine (C=N–C) groups is 1. The summed E-state index contributed by atoms with van der Waals surface area (Å²) in [6, 6.07) is 7.42. The van der Waals surface area contributed by atoms with Gasteiger partial charge in [-0.1, -0.05) is 25.5 Å². The number of nitrogens with one attached hydrogen (secondary N) is 3. The number of hydrogen-bond acceptors (Lipinski definition) is 4. The first-order valence-electron chi connectivity index (χ1n) is 10.9. The second-order valence-corrected chi connectivity index (χ2v) is 7.22. The fraction of sp³-hybridized carbons (Fsp3) is 0.591. The van der Waals surface area contributed by atoms with Gasteiger partial charge in [0.15, 0.2) is 5.96 Å². The number of guanidine groups is 1. The number of ether oxygens (including phenoxy) is 1. The van der Waals surface area contributed by atoms with E-state index in [9.17, 15) is 9.59 Å². The third kappa shape index (κ3) is 8.41. The van der Waals surface area contributed by atoms with E-state index in [0.29, 0.717) is 25.2 Å². The van der Waals surface area contributed by atoms with Gasteiger partial charge in [-0.3, -0.25) is 9.59 Å². The largest absolute Gasteiger partial charge is 0.381 e. The van der Waals surface area contributed by atoms with Gasteiger partial charge in [0.05, 0.1) is 13.1 Å². The molecule has 0 spiro atoms. The normalized spacial score (nSPS) is 14.4. The van der Waals surface area contributed by atoms with Gasteiger partial charge in [-0.25, -0.2) is 4.99 Å². The molecule has 0 radical (unpaired) electrons. The van der Waals surface area contributed by atoms with Crippen LogP contribution in [0.1, 0.15) is 49.0 Å². The highest BCUT2D eigenvalue weighted by Gasteiger charge is 2.21. The molecule has 1 aromatic rings. The van der Waals surface area contributed by atoms with Crippen LogP contribution in [0.3, 0.4) is 0 Å². The minimum absolute atomic E-state index is 0.114. The SMILES string of the molecule is CCCCOCCCNC(=NCc1ccc(C(=O)N2CCNC(=O)C2)cc1)NCC. The molecule has 30 heavy (non-hydrogen) atoms. The summed E-state index contributed by atoms with van der Waals surface area (Å²) in [5, 5.41) is 9.29. The van der Waals surface area contributed by atoms with E-state index in [2.05, 4.69) is 27.9 Å². The lowest BCUT2D eigenvalue weighted by atomic mass is 10.1. The predicted octanol–water partition coefficient (Wildman–Crippen LogP) is 1.52. The van der Waals surface area contributed by atoms with Crippen LogP contribution in [-0.2, 0) is 16.1 Å². The number of carbonyl (C=O) groups is 2. The van der Waals surface area contributed by atoms with Crippen molar-refractivity contribution in [2.75, 3.05) is 45.9 Å². The summed E-state index contributed by atoms with van der Waals surface area (Å²) in [6.45, 7) is 9.03. The second kappa shape index (κ2) is 13.6. The van der Waals surface area contributed by atoms with Crippen LogP contribution in [-0.4, -0.2) is 68.6 Å². The molecule has 0 unspecified atom stereocenters. The van der Waals surface area contributed by atoms with Crippen LogP contribution in [0.4, 0.5) is 0 Å². The topological polar surface area (TPSA) is 95.1 Å². The van der Waals surface area contributed by atoms with E-state index in [1.165, 1.54) is 0 Å². The molecule has 0 aliphatic carbocycles. The Labute approximate surface area is 179 Å². The number of carbonyl (C=O) groups excluding carboxylic acids is 2. The van der Waals surface area contributed by atoms with Gasteiger partial charge in [-0.15, -0.1) is 0 Å². The lowest BCUT2D eigenvalue weighted by Crippen LogP contribution is -2.49. The fourth-order valence-electron chi connectivity index (χ4n) is 2.99. The van der Waals surface area contributed by atoms with Gasteiger partial charge < -0.3 is 25.6 Å². The Bertz CT molecular complexity index is 691. The van der Waals surface area contributed by atoms with Crippen molar-refractivity contribution in [3.63, 3.8) is 0 Å². The summed E-state index contributed by atoms with van der Waals surface area (Å²) < 4.78 is 5.57. The number of nitrogens with zero attached hydrogens (tertiary/aromatic N) is 2. The molecule has 2 rings (SSSR count). The summed E-state index contributed by atoms with van der Waals surface area (Å²) >= 11 is 0. The third-order valence-corrected chi connectivity index (χ3v) is 4.69. The van der Waals surface area contributed by atoms with E-state index in [4.69, 9.17) is 4.74 Å². The van der Waals surface area contributed by atoms with E-state index in [-0.39, 0.29) is 18.4 Å². The monoisotopic (exact) mass is 417 g/mol. The molecule has 0 saturated carbocycles. The molecule has 8 nitrogen and oxygen atoms in total. The van der Waals surface area contributed by atoms with Crippen molar-refractivity contribution < 1.29 is 14.3 Å². The van der Waals surface area contributed by atoms with E-state index in [1.807, 2.05) is 19.1 Å². The lowest BCUT2D eigenvalue weighted by Gasteiger charge is -2.26. The second-order valence-electron chi connectivity index (χ2n) is 7.22. The van der Waals surface area contributed by atoms with Crippen LogP contribution in [0.25, 0.3) is 0 Å². The first kappa shape index (κ1) is 23.7. The van der Waals surface area contributed by atoms with E-state index in [1.54, 1.807) is 17.0 Å². The Morgan fingerprint density at radius 1 is 1.17 bits per heavy atom. The molecule has 1 saturated heterocycles. The Kier molecular flexibility index (Phi) is 10.7. The van der Waals surface area contributed by atoms with Crippen molar-refractivity contribution in [1.29, 1.82) is 0 Å². The molecule has 1 fully saturated rings. The molecule has 8 heteroatoms. The molecular weight excluding hydrogens is 382 g/mol. The van der Waals surface area contributed by atoms with Gasteiger partial charge in [0.1, 0.15) is 0 Å². The first-order valence-corrected chi connectivity index (χ1v) is 10.9. The van der Waals surface area contributed by atoms with Crippen molar-refractivity contribution >= 4 is 17.8 Å². The van der Waals surface area contributed by atoms with Gasteiger partial charge in [0, 0.05) is 45.0 Å². The molecule has 1 heterocycles. The quantitative estimate of drug-likeness (QED) is 0.288. The maximum absolute atomic E-state index is 12.5. The van der Waals surface area contributed by atoms with Crippen molar-refractivity contribution in [1.82, 2.24) is 20.9 Å². The van der Waals surface area contributed by atoms with Crippen LogP contribution in [0, 0.1) is 0 Å². The molecule has 1 aliphatic heterocycles. The molecule has 3 N–H and O–H groups in total. The molecule has 0 aromatic heterocycles. The highest BCUT2D eigenvalue weighted by Crippen LogP contribution is 2.10. The average Bonchev–Trinajstić information content (AvgIpc) is 2.76. The Hall–Kier alpha value is -2.61. The summed E-state index contributed by atoms with van der Waals surface area (Å²) in [6.07, 6.45) is 3.19. The smallest absolute Gasteiger partial charge is 0.254 e. The Morgan fingerprint density at radius 2 is 1.93 bits per heavy atom. The van der Waals surface area contributed by atoms with Gasteiger partial charge in [0.2, 0.25) is 5.91 Å². The van der Waals surface area contributed by atoms with Gasteiger partial charge >= 0.3 is 0 Å². The minimum atomic E-state index is -0.115. The summed E-state index contributed by atoms with van der Waals surface area (Å²) in [4.78, 5) is 30.2. The van der Waals surface area contributed by atoms with Crippen LogP contribution < -0.4 is 16.0 Å². The molecule has 0 atom stereocenters. The summed E-state index contributed by atoms with van der Waals surface area (Å²) in [5.41, 5.74) is 1.61. The highest BCUT2D eigenvalue weighted by atomic mass is 16.5. The van der Waals surface area contributed by atoms with Crippen LogP contribution in [0.15, 0.2) is 29.3 Å². The number of benzene rings is 1. The predicted molar refractivity (Wildman–Crippen MR) is 119 cm³/mol. The molecule has 166 valence electrons. The number of unbranched alkanes of at least 4 members (excludes halogenated alkanes) is 1. The summed E-state index contributed by atoms with van der Waals surface area (Å²) in [7, 11) is 0. The zero-order valence-electron chi connectivity index (χ0n) is 18.2. The molecule has 1 aliphatic rings. The van der Waals surface area contributed by atoms with Crippen molar-refractivity contribution in [3.8, 4) is 0 Å².